The molecule has 0 radical (unpaired) electrons. The molecule has 1 amide bonds. The normalized spacial score (nSPS) is 20.4. The zero-order valence-electron chi connectivity index (χ0n) is 11.4. The van der Waals surface area contributed by atoms with Crippen LogP contribution in [0.1, 0.15) is 27.7 Å². The smallest absolute Gasteiger partial charge is 0.411 e. The molecule has 0 aromatic heterocycles. The molecule has 0 aromatic carbocycles. The number of esters is 1. The maximum atomic E-state index is 12.0. The predicted molar refractivity (Wildman–Crippen MR) is 70.7 cm³/mol. The second-order valence-corrected chi connectivity index (χ2v) is 6.17. The Balaban J connectivity index is 2.70. The molecule has 1 aliphatic rings. The molecule has 104 valence electrons. The first-order valence-corrected chi connectivity index (χ1v) is 7.24. The van der Waals surface area contributed by atoms with Crippen molar-refractivity contribution >= 4 is 23.8 Å². The van der Waals surface area contributed by atoms with Gasteiger partial charge in [-0.1, -0.05) is 0 Å². The Kier molecular flexibility index (Phi) is 5.31. The summed E-state index contributed by atoms with van der Waals surface area (Å²) in [5.41, 5.74) is -0.555. The van der Waals surface area contributed by atoms with E-state index in [9.17, 15) is 9.59 Å². The Morgan fingerprint density at radius 1 is 1.39 bits per heavy atom. The van der Waals surface area contributed by atoms with Crippen molar-refractivity contribution in [2.45, 2.75) is 39.3 Å². The van der Waals surface area contributed by atoms with Gasteiger partial charge >= 0.3 is 12.1 Å². The molecular formula is C12H21NO4S. The molecule has 0 saturated carbocycles. The molecule has 0 spiro atoms. The Morgan fingerprint density at radius 2 is 2.06 bits per heavy atom. The number of carbonyl (C=O) groups is 2. The molecule has 18 heavy (non-hydrogen) atoms. The largest absolute Gasteiger partial charge is 0.464 e. The Hall–Kier alpha value is -0.910. The van der Waals surface area contributed by atoms with Crippen molar-refractivity contribution < 1.29 is 19.1 Å². The van der Waals surface area contributed by atoms with Crippen molar-refractivity contribution in [2.24, 2.45) is 0 Å². The molecular weight excluding hydrogens is 254 g/mol. The highest BCUT2D eigenvalue weighted by atomic mass is 32.2. The van der Waals surface area contributed by atoms with Gasteiger partial charge in [-0.3, -0.25) is 4.90 Å². The fourth-order valence-corrected chi connectivity index (χ4v) is 2.61. The number of thioether (sulfide) groups is 1. The van der Waals surface area contributed by atoms with Gasteiger partial charge in [0.2, 0.25) is 0 Å². The van der Waals surface area contributed by atoms with E-state index in [1.54, 1.807) is 18.7 Å². The number of hydrogen-bond acceptors (Lipinski definition) is 5. The van der Waals surface area contributed by atoms with Crippen molar-refractivity contribution in [3.05, 3.63) is 0 Å². The summed E-state index contributed by atoms with van der Waals surface area (Å²) in [5, 5.41) is 0. The van der Waals surface area contributed by atoms with Crippen LogP contribution in [0.15, 0.2) is 0 Å². The average molecular weight is 275 g/mol. The lowest BCUT2D eigenvalue weighted by Gasteiger charge is -2.34. The molecule has 1 atom stereocenters. The maximum Gasteiger partial charge on any atom is 0.411 e. The summed E-state index contributed by atoms with van der Waals surface area (Å²) in [7, 11) is 0. The number of ether oxygens (including phenoxy) is 2. The summed E-state index contributed by atoms with van der Waals surface area (Å²) in [6.07, 6.45) is -0.444. The van der Waals surface area contributed by atoms with Crippen LogP contribution < -0.4 is 0 Å². The average Bonchev–Trinajstić information content (AvgIpc) is 2.27. The summed E-state index contributed by atoms with van der Waals surface area (Å²) in [5.74, 6) is 1.03. The quantitative estimate of drug-likeness (QED) is 0.720. The number of carbonyl (C=O) groups excluding carboxylic acids is 2. The second-order valence-electron chi connectivity index (χ2n) is 5.02. The zero-order chi connectivity index (χ0) is 13.8. The lowest BCUT2D eigenvalue weighted by atomic mass is 10.2. The van der Waals surface area contributed by atoms with Crippen LogP contribution in [-0.2, 0) is 14.3 Å². The van der Waals surface area contributed by atoms with Crippen LogP contribution >= 0.6 is 11.8 Å². The van der Waals surface area contributed by atoms with Gasteiger partial charge in [0.1, 0.15) is 11.6 Å². The fraction of sp³-hybridized carbons (Fsp3) is 0.833. The first-order valence-electron chi connectivity index (χ1n) is 6.09. The lowest BCUT2D eigenvalue weighted by Crippen LogP contribution is -2.52. The van der Waals surface area contributed by atoms with Gasteiger partial charge in [-0.15, -0.1) is 0 Å². The third kappa shape index (κ3) is 4.40. The fourth-order valence-electron chi connectivity index (χ4n) is 1.58. The zero-order valence-corrected chi connectivity index (χ0v) is 12.2. The molecule has 5 nitrogen and oxygen atoms in total. The van der Waals surface area contributed by atoms with E-state index >= 15 is 0 Å². The minimum Gasteiger partial charge on any atom is -0.464 e. The Bertz CT molecular complexity index is 314. The van der Waals surface area contributed by atoms with Gasteiger partial charge in [-0.2, -0.15) is 11.8 Å². The SMILES string of the molecule is CCOC(=O)[C@@H]1CSCCN1C(=O)OC(C)(C)C. The van der Waals surface area contributed by atoms with Crippen LogP contribution in [0, 0.1) is 0 Å². The van der Waals surface area contributed by atoms with E-state index < -0.39 is 17.7 Å². The first kappa shape index (κ1) is 15.1. The number of hydrogen-bond donors (Lipinski definition) is 0. The highest BCUT2D eigenvalue weighted by molar-refractivity contribution is 7.99. The highest BCUT2D eigenvalue weighted by Gasteiger charge is 2.35. The molecule has 0 aromatic rings. The van der Waals surface area contributed by atoms with E-state index in [1.165, 1.54) is 4.90 Å². The van der Waals surface area contributed by atoms with E-state index in [-0.39, 0.29) is 5.97 Å². The Labute approximate surface area is 112 Å². The molecule has 6 heteroatoms. The van der Waals surface area contributed by atoms with Crippen LogP contribution in [-0.4, -0.2) is 53.3 Å². The van der Waals surface area contributed by atoms with Gasteiger partial charge < -0.3 is 9.47 Å². The van der Waals surface area contributed by atoms with Crippen molar-refractivity contribution in [3.63, 3.8) is 0 Å². The lowest BCUT2D eigenvalue weighted by molar-refractivity contribution is -0.148. The van der Waals surface area contributed by atoms with E-state index in [0.717, 1.165) is 5.75 Å². The second kappa shape index (κ2) is 6.31. The first-order chi connectivity index (χ1) is 8.35. The minimum atomic E-state index is -0.555. The third-order valence-corrected chi connectivity index (χ3v) is 3.34. The number of rotatable bonds is 2. The standard InChI is InChI=1S/C12H21NO4S/c1-5-16-10(14)9-8-18-7-6-13(9)11(15)17-12(2,3)4/h9H,5-8H2,1-4H3/t9-/m0/s1. The molecule has 1 rings (SSSR count). The third-order valence-electron chi connectivity index (χ3n) is 2.32. The molecule has 0 aliphatic carbocycles. The van der Waals surface area contributed by atoms with E-state index in [4.69, 9.17) is 9.47 Å². The molecule has 1 fully saturated rings. The van der Waals surface area contributed by atoms with Crippen LogP contribution in [0.3, 0.4) is 0 Å². The van der Waals surface area contributed by atoms with Crippen LogP contribution in [0.2, 0.25) is 0 Å². The van der Waals surface area contributed by atoms with E-state index in [2.05, 4.69) is 0 Å². The van der Waals surface area contributed by atoms with Crippen LogP contribution in [0.5, 0.6) is 0 Å². The van der Waals surface area contributed by atoms with E-state index in [0.29, 0.717) is 18.9 Å². The van der Waals surface area contributed by atoms with Crippen molar-refractivity contribution in [1.82, 2.24) is 4.90 Å². The van der Waals surface area contributed by atoms with Crippen molar-refractivity contribution in [3.8, 4) is 0 Å². The summed E-state index contributed by atoms with van der Waals surface area (Å²) in [6, 6.07) is -0.529. The van der Waals surface area contributed by atoms with Gasteiger partial charge in [-0.25, -0.2) is 9.59 Å². The van der Waals surface area contributed by atoms with Gasteiger partial charge in [-0.05, 0) is 27.7 Å². The molecule has 1 heterocycles. The summed E-state index contributed by atoms with van der Waals surface area (Å²) in [4.78, 5) is 25.3. The maximum absolute atomic E-state index is 12.0. The minimum absolute atomic E-state index is 0.322. The van der Waals surface area contributed by atoms with Gasteiger partial charge in [0, 0.05) is 18.1 Å². The molecule has 0 unspecified atom stereocenters. The van der Waals surface area contributed by atoms with Crippen LogP contribution in [0.25, 0.3) is 0 Å². The number of nitrogens with zero attached hydrogens (tertiary/aromatic N) is 1. The van der Waals surface area contributed by atoms with Gasteiger partial charge in [0.15, 0.2) is 0 Å². The van der Waals surface area contributed by atoms with Crippen molar-refractivity contribution in [2.75, 3.05) is 24.7 Å². The van der Waals surface area contributed by atoms with E-state index in [1.807, 2.05) is 20.8 Å². The summed E-state index contributed by atoms with van der Waals surface area (Å²) in [6.45, 7) is 8.02. The molecule has 0 bridgehead atoms. The summed E-state index contributed by atoms with van der Waals surface area (Å²) < 4.78 is 10.3. The summed E-state index contributed by atoms with van der Waals surface area (Å²) >= 11 is 1.65. The topological polar surface area (TPSA) is 55.8 Å². The Morgan fingerprint density at radius 3 is 2.61 bits per heavy atom. The van der Waals surface area contributed by atoms with Gasteiger partial charge in [0.05, 0.1) is 6.61 Å². The molecule has 1 saturated heterocycles. The van der Waals surface area contributed by atoms with Gasteiger partial charge in [0.25, 0.3) is 0 Å². The van der Waals surface area contributed by atoms with Crippen molar-refractivity contribution in [1.29, 1.82) is 0 Å². The number of amides is 1. The van der Waals surface area contributed by atoms with Crippen LogP contribution in [0.4, 0.5) is 4.79 Å². The molecule has 1 aliphatic heterocycles. The monoisotopic (exact) mass is 275 g/mol. The molecule has 0 N–H and O–H groups in total. The predicted octanol–water partition coefficient (Wildman–Crippen LogP) is 1.90. The highest BCUT2D eigenvalue weighted by Crippen LogP contribution is 2.20.